The van der Waals surface area contributed by atoms with Crippen molar-refractivity contribution >= 4 is 0 Å². The monoisotopic (exact) mass is 462 g/mol. The van der Waals surface area contributed by atoms with Crippen molar-refractivity contribution in [3.05, 3.63) is 12.4 Å². The molecular formula is C31H62N2. The van der Waals surface area contributed by atoms with Crippen LogP contribution in [-0.2, 0) is 0 Å². The van der Waals surface area contributed by atoms with Crippen molar-refractivity contribution < 1.29 is 0 Å². The van der Waals surface area contributed by atoms with E-state index in [1.165, 1.54) is 161 Å². The highest BCUT2D eigenvalue weighted by Gasteiger charge is 2.24. The molecule has 33 heavy (non-hydrogen) atoms. The summed E-state index contributed by atoms with van der Waals surface area (Å²) in [6.07, 6.45) is 38.0. The molecule has 0 fully saturated rings. The topological polar surface area (TPSA) is 6.48 Å². The predicted octanol–water partition coefficient (Wildman–Crippen LogP) is 10.4. The first-order chi connectivity index (χ1) is 16.3. The molecule has 1 aliphatic heterocycles. The standard InChI is InChI=1S/C31H62N2/c1-4-7-10-13-15-17-18-20-22-25-28-33-30-29-32(27-24-12-9-6-3)31(33)26-23-21-19-16-14-11-8-5-2/h29-31H,4-28H2,1-3H3. The summed E-state index contributed by atoms with van der Waals surface area (Å²) >= 11 is 0. The van der Waals surface area contributed by atoms with Gasteiger partial charge in [0, 0.05) is 25.5 Å². The molecule has 1 atom stereocenters. The van der Waals surface area contributed by atoms with Gasteiger partial charge in [-0.3, -0.25) is 0 Å². The van der Waals surface area contributed by atoms with E-state index < -0.39 is 0 Å². The Kier molecular flexibility index (Phi) is 21.3. The molecule has 0 aromatic heterocycles. The summed E-state index contributed by atoms with van der Waals surface area (Å²) in [5.74, 6) is 0. The minimum absolute atomic E-state index is 0.644. The highest BCUT2D eigenvalue weighted by Crippen LogP contribution is 2.24. The molecule has 2 nitrogen and oxygen atoms in total. The summed E-state index contributed by atoms with van der Waals surface area (Å²) in [5, 5.41) is 0. The summed E-state index contributed by atoms with van der Waals surface area (Å²) in [6.45, 7) is 9.45. The maximum Gasteiger partial charge on any atom is 0.101 e. The molecule has 1 rings (SSSR count). The molecule has 0 amide bonds. The van der Waals surface area contributed by atoms with Gasteiger partial charge in [0.05, 0.1) is 0 Å². The first-order valence-corrected chi connectivity index (χ1v) is 15.5. The van der Waals surface area contributed by atoms with Crippen LogP contribution >= 0.6 is 0 Å². The van der Waals surface area contributed by atoms with E-state index in [0.717, 1.165) is 0 Å². The van der Waals surface area contributed by atoms with Crippen LogP contribution in [0.3, 0.4) is 0 Å². The molecule has 0 bridgehead atoms. The van der Waals surface area contributed by atoms with E-state index >= 15 is 0 Å². The van der Waals surface area contributed by atoms with Gasteiger partial charge in [0.2, 0.25) is 0 Å². The average molecular weight is 463 g/mol. The van der Waals surface area contributed by atoms with Crippen molar-refractivity contribution in [1.29, 1.82) is 0 Å². The molecule has 0 spiro atoms. The molecular weight excluding hydrogens is 400 g/mol. The second kappa shape index (κ2) is 23.1. The van der Waals surface area contributed by atoms with E-state index in [-0.39, 0.29) is 0 Å². The van der Waals surface area contributed by atoms with Crippen molar-refractivity contribution in [1.82, 2.24) is 9.80 Å². The summed E-state index contributed by atoms with van der Waals surface area (Å²) in [5.41, 5.74) is 0. The van der Waals surface area contributed by atoms with Crippen molar-refractivity contribution in [3.8, 4) is 0 Å². The summed E-state index contributed by atoms with van der Waals surface area (Å²) in [6, 6.07) is 0. The molecule has 2 heteroatoms. The smallest absolute Gasteiger partial charge is 0.101 e. The van der Waals surface area contributed by atoms with Gasteiger partial charge in [-0.2, -0.15) is 0 Å². The normalized spacial score (nSPS) is 15.8. The van der Waals surface area contributed by atoms with Crippen molar-refractivity contribution in [3.63, 3.8) is 0 Å². The summed E-state index contributed by atoms with van der Waals surface area (Å²) in [4.78, 5) is 5.36. The highest BCUT2D eigenvalue weighted by atomic mass is 15.4. The van der Waals surface area contributed by atoms with Gasteiger partial charge < -0.3 is 9.80 Å². The van der Waals surface area contributed by atoms with E-state index in [4.69, 9.17) is 0 Å². The van der Waals surface area contributed by atoms with Crippen molar-refractivity contribution in [2.45, 2.75) is 175 Å². The Labute approximate surface area is 210 Å². The molecule has 1 aliphatic rings. The maximum atomic E-state index is 2.69. The van der Waals surface area contributed by atoms with E-state index in [0.29, 0.717) is 6.17 Å². The Balaban J connectivity index is 2.22. The minimum atomic E-state index is 0.644. The third-order valence-electron chi connectivity index (χ3n) is 7.57. The maximum absolute atomic E-state index is 2.69. The van der Waals surface area contributed by atoms with Crippen LogP contribution in [0, 0.1) is 0 Å². The van der Waals surface area contributed by atoms with Gasteiger partial charge in [-0.05, 0) is 25.7 Å². The molecule has 1 heterocycles. The number of rotatable bonds is 25. The number of hydrogen-bond donors (Lipinski definition) is 0. The molecule has 0 aliphatic carbocycles. The number of nitrogens with zero attached hydrogens (tertiary/aromatic N) is 2. The zero-order valence-electron chi connectivity index (χ0n) is 23.3. The van der Waals surface area contributed by atoms with Gasteiger partial charge in [-0.1, -0.05) is 143 Å². The fourth-order valence-corrected chi connectivity index (χ4v) is 5.30. The largest absolute Gasteiger partial charge is 0.356 e. The first-order valence-electron chi connectivity index (χ1n) is 15.5. The second-order valence-electron chi connectivity index (χ2n) is 10.8. The van der Waals surface area contributed by atoms with Gasteiger partial charge >= 0.3 is 0 Å². The fraction of sp³-hybridized carbons (Fsp3) is 0.935. The highest BCUT2D eigenvalue weighted by molar-refractivity contribution is 4.97. The Morgan fingerprint density at radius 1 is 0.394 bits per heavy atom. The number of hydrogen-bond acceptors (Lipinski definition) is 2. The van der Waals surface area contributed by atoms with E-state index in [1.807, 2.05) is 0 Å². The fourth-order valence-electron chi connectivity index (χ4n) is 5.30. The van der Waals surface area contributed by atoms with Crippen LogP contribution < -0.4 is 0 Å². The van der Waals surface area contributed by atoms with Crippen molar-refractivity contribution in [2.24, 2.45) is 0 Å². The molecule has 1 unspecified atom stereocenters. The van der Waals surface area contributed by atoms with Crippen LogP contribution in [0.4, 0.5) is 0 Å². The second-order valence-corrected chi connectivity index (χ2v) is 10.8. The lowest BCUT2D eigenvalue weighted by atomic mass is 10.1. The zero-order chi connectivity index (χ0) is 23.8. The Bertz CT molecular complexity index is 419. The Morgan fingerprint density at radius 3 is 1.09 bits per heavy atom. The van der Waals surface area contributed by atoms with Gasteiger partial charge in [-0.25, -0.2) is 0 Å². The molecule has 0 aromatic carbocycles. The SMILES string of the molecule is CCCCCCCCCCCCN1C=CN(CCCCCC)C1CCCCCCCCCC. The lowest BCUT2D eigenvalue weighted by Gasteiger charge is -2.33. The predicted molar refractivity (Wildman–Crippen MR) is 150 cm³/mol. The first kappa shape index (κ1) is 30.4. The van der Waals surface area contributed by atoms with Crippen LogP contribution in [0.5, 0.6) is 0 Å². The van der Waals surface area contributed by atoms with Crippen LogP contribution in [0.15, 0.2) is 12.4 Å². The number of unbranched alkanes of at least 4 members (excludes halogenated alkanes) is 19. The third-order valence-corrected chi connectivity index (χ3v) is 7.57. The van der Waals surface area contributed by atoms with E-state index in [9.17, 15) is 0 Å². The molecule has 0 radical (unpaired) electrons. The van der Waals surface area contributed by atoms with Crippen LogP contribution in [0.1, 0.15) is 168 Å². The van der Waals surface area contributed by atoms with Gasteiger partial charge in [-0.15, -0.1) is 0 Å². The summed E-state index contributed by atoms with van der Waals surface area (Å²) < 4.78 is 0. The van der Waals surface area contributed by atoms with Gasteiger partial charge in [0.1, 0.15) is 6.17 Å². The van der Waals surface area contributed by atoms with Crippen LogP contribution in [0.25, 0.3) is 0 Å². The van der Waals surface area contributed by atoms with Crippen molar-refractivity contribution in [2.75, 3.05) is 13.1 Å². The Hall–Kier alpha value is -0.660. The molecule has 0 saturated carbocycles. The third kappa shape index (κ3) is 16.6. The lowest BCUT2D eigenvalue weighted by molar-refractivity contribution is 0.135. The van der Waals surface area contributed by atoms with Gasteiger partial charge in [0.15, 0.2) is 0 Å². The lowest BCUT2D eigenvalue weighted by Crippen LogP contribution is -2.39. The molecule has 0 N–H and O–H groups in total. The molecule has 196 valence electrons. The van der Waals surface area contributed by atoms with Crippen LogP contribution in [-0.4, -0.2) is 29.1 Å². The average Bonchev–Trinajstić information content (AvgIpc) is 3.21. The quantitative estimate of drug-likeness (QED) is 0.124. The zero-order valence-corrected chi connectivity index (χ0v) is 23.3. The summed E-state index contributed by atoms with van der Waals surface area (Å²) in [7, 11) is 0. The Morgan fingerprint density at radius 2 is 0.697 bits per heavy atom. The van der Waals surface area contributed by atoms with E-state index in [2.05, 4.69) is 43.0 Å². The minimum Gasteiger partial charge on any atom is -0.356 e. The van der Waals surface area contributed by atoms with Gasteiger partial charge in [0.25, 0.3) is 0 Å². The van der Waals surface area contributed by atoms with E-state index in [1.54, 1.807) is 0 Å². The van der Waals surface area contributed by atoms with Crippen LogP contribution in [0.2, 0.25) is 0 Å². The molecule has 0 saturated heterocycles. The molecule has 0 aromatic rings.